The predicted molar refractivity (Wildman–Crippen MR) is 80.2 cm³/mol. The first-order valence-electron chi connectivity index (χ1n) is 8.14. The average Bonchev–Trinajstić information content (AvgIpc) is 2.35. The van der Waals surface area contributed by atoms with E-state index in [2.05, 4.69) is 20.8 Å². The van der Waals surface area contributed by atoms with Gasteiger partial charge in [-0.05, 0) is 5.92 Å². The van der Waals surface area contributed by atoms with Gasteiger partial charge in [0.2, 0.25) is 0 Å². The van der Waals surface area contributed by atoms with Crippen molar-refractivity contribution in [3.8, 4) is 0 Å². The quantitative estimate of drug-likeness (QED) is 0.320. The first-order chi connectivity index (χ1) is 8.35. The molecule has 0 aliphatic carbocycles. The maximum atomic E-state index is 3.89. The molecule has 0 nitrogen and oxygen atoms in total. The molecule has 0 aromatic heterocycles. The van der Waals surface area contributed by atoms with Gasteiger partial charge in [-0.2, -0.15) is 0 Å². The fourth-order valence-electron chi connectivity index (χ4n) is 2.55. The van der Waals surface area contributed by atoms with E-state index in [1.807, 2.05) is 0 Å². The van der Waals surface area contributed by atoms with Crippen LogP contribution in [0, 0.1) is 12.8 Å². The normalized spacial score (nSPS) is 12.9. The highest BCUT2D eigenvalue weighted by Gasteiger charge is 2.05. The molecule has 0 fully saturated rings. The lowest BCUT2D eigenvalue weighted by Gasteiger charge is -2.14. The predicted octanol–water partition coefficient (Wildman–Crippen LogP) is 6.55. The minimum atomic E-state index is 1.02. The summed E-state index contributed by atoms with van der Waals surface area (Å²) >= 11 is 0. The molecule has 0 saturated carbocycles. The van der Waals surface area contributed by atoms with E-state index < -0.39 is 0 Å². The van der Waals surface area contributed by atoms with Crippen LogP contribution in [-0.4, -0.2) is 0 Å². The summed E-state index contributed by atoms with van der Waals surface area (Å²) in [6.07, 6.45) is 18.3. The molecule has 0 N–H and O–H groups in total. The molecule has 0 aromatic carbocycles. The lowest BCUT2D eigenvalue weighted by Crippen LogP contribution is -1.99. The Morgan fingerprint density at radius 2 is 1.24 bits per heavy atom. The van der Waals surface area contributed by atoms with E-state index in [1.54, 1.807) is 0 Å². The van der Waals surface area contributed by atoms with E-state index in [1.165, 1.54) is 77.0 Å². The van der Waals surface area contributed by atoms with Crippen LogP contribution < -0.4 is 0 Å². The van der Waals surface area contributed by atoms with E-state index in [9.17, 15) is 0 Å². The van der Waals surface area contributed by atoms with Crippen LogP contribution in [0.4, 0.5) is 0 Å². The summed E-state index contributed by atoms with van der Waals surface area (Å²) in [6, 6.07) is 0. The van der Waals surface area contributed by atoms with Crippen LogP contribution in [0.5, 0.6) is 0 Å². The van der Waals surface area contributed by atoms with Gasteiger partial charge in [-0.15, -0.1) is 0 Å². The average molecular weight is 239 g/mol. The minimum absolute atomic E-state index is 1.02. The van der Waals surface area contributed by atoms with E-state index in [0.29, 0.717) is 0 Å². The van der Waals surface area contributed by atoms with E-state index >= 15 is 0 Å². The van der Waals surface area contributed by atoms with Gasteiger partial charge in [0, 0.05) is 0 Å². The number of rotatable bonds is 13. The maximum absolute atomic E-state index is 3.89. The van der Waals surface area contributed by atoms with Crippen LogP contribution in [0.25, 0.3) is 0 Å². The van der Waals surface area contributed by atoms with Crippen molar-refractivity contribution in [1.29, 1.82) is 0 Å². The second-order valence-electron chi connectivity index (χ2n) is 5.53. The molecule has 0 aliphatic rings. The third-order valence-corrected chi connectivity index (χ3v) is 3.91. The van der Waals surface area contributed by atoms with Crippen molar-refractivity contribution in [2.45, 2.75) is 97.3 Å². The summed E-state index contributed by atoms with van der Waals surface area (Å²) in [5.41, 5.74) is 0. The Bertz CT molecular complexity index is 128. The molecule has 0 saturated heterocycles. The van der Waals surface area contributed by atoms with Gasteiger partial charge in [0.05, 0.1) is 0 Å². The third kappa shape index (κ3) is 12.2. The molecule has 17 heavy (non-hydrogen) atoms. The second-order valence-corrected chi connectivity index (χ2v) is 5.53. The molecule has 0 aromatic rings. The van der Waals surface area contributed by atoms with Gasteiger partial charge >= 0.3 is 0 Å². The molecular formula is C17H35. The van der Waals surface area contributed by atoms with Crippen LogP contribution in [0.15, 0.2) is 0 Å². The molecule has 1 unspecified atom stereocenters. The van der Waals surface area contributed by atoms with Crippen molar-refractivity contribution in [2.75, 3.05) is 0 Å². The highest BCUT2D eigenvalue weighted by atomic mass is 14.1. The van der Waals surface area contributed by atoms with Crippen LogP contribution in [0.2, 0.25) is 0 Å². The molecule has 0 heterocycles. The molecule has 0 spiro atoms. The van der Waals surface area contributed by atoms with E-state index in [0.717, 1.165) is 12.3 Å². The minimum Gasteiger partial charge on any atom is -0.0654 e. The SMILES string of the molecule is [CH2]CCCCCCCCC(CC)CCCCC. The number of unbranched alkanes of at least 4 members (excludes halogenated alkanes) is 8. The summed E-state index contributed by atoms with van der Waals surface area (Å²) in [4.78, 5) is 0. The smallest absolute Gasteiger partial charge is 0.0417 e. The maximum Gasteiger partial charge on any atom is -0.0417 e. The Balaban J connectivity index is 3.25. The van der Waals surface area contributed by atoms with Crippen LogP contribution in [-0.2, 0) is 0 Å². The monoisotopic (exact) mass is 239 g/mol. The van der Waals surface area contributed by atoms with Gasteiger partial charge in [-0.25, -0.2) is 0 Å². The fourth-order valence-corrected chi connectivity index (χ4v) is 2.55. The number of hydrogen-bond acceptors (Lipinski definition) is 0. The largest absolute Gasteiger partial charge is 0.0654 e. The Morgan fingerprint density at radius 3 is 1.76 bits per heavy atom. The van der Waals surface area contributed by atoms with Crippen molar-refractivity contribution >= 4 is 0 Å². The van der Waals surface area contributed by atoms with Gasteiger partial charge in [-0.1, -0.05) is 104 Å². The molecule has 0 aliphatic heterocycles. The van der Waals surface area contributed by atoms with Crippen molar-refractivity contribution < 1.29 is 0 Å². The molecular weight excluding hydrogens is 204 g/mol. The van der Waals surface area contributed by atoms with Crippen molar-refractivity contribution in [3.05, 3.63) is 6.92 Å². The summed E-state index contributed by atoms with van der Waals surface area (Å²) in [6.45, 7) is 8.55. The van der Waals surface area contributed by atoms with E-state index in [-0.39, 0.29) is 0 Å². The Labute approximate surface area is 111 Å². The first-order valence-corrected chi connectivity index (χ1v) is 8.14. The zero-order chi connectivity index (χ0) is 12.8. The van der Waals surface area contributed by atoms with Crippen molar-refractivity contribution in [1.82, 2.24) is 0 Å². The third-order valence-electron chi connectivity index (χ3n) is 3.91. The van der Waals surface area contributed by atoms with Crippen LogP contribution in [0.1, 0.15) is 97.3 Å². The molecule has 0 heteroatoms. The summed E-state index contributed by atoms with van der Waals surface area (Å²) < 4.78 is 0. The summed E-state index contributed by atoms with van der Waals surface area (Å²) in [5.74, 6) is 1.02. The fraction of sp³-hybridized carbons (Fsp3) is 0.941. The van der Waals surface area contributed by atoms with E-state index in [4.69, 9.17) is 0 Å². The summed E-state index contributed by atoms with van der Waals surface area (Å²) in [5, 5.41) is 0. The molecule has 0 rings (SSSR count). The van der Waals surface area contributed by atoms with Crippen LogP contribution in [0.3, 0.4) is 0 Å². The Hall–Kier alpha value is 0. The molecule has 0 bridgehead atoms. The topological polar surface area (TPSA) is 0 Å². The van der Waals surface area contributed by atoms with Gasteiger partial charge in [0.25, 0.3) is 0 Å². The second kappa shape index (κ2) is 14.1. The van der Waals surface area contributed by atoms with Gasteiger partial charge in [-0.3, -0.25) is 0 Å². The highest BCUT2D eigenvalue weighted by molar-refractivity contribution is 4.58. The summed E-state index contributed by atoms with van der Waals surface area (Å²) in [7, 11) is 0. The molecule has 103 valence electrons. The Kier molecular flexibility index (Phi) is 14.1. The number of hydrogen-bond donors (Lipinski definition) is 0. The lowest BCUT2D eigenvalue weighted by molar-refractivity contribution is 0.396. The zero-order valence-corrected chi connectivity index (χ0v) is 12.5. The highest BCUT2D eigenvalue weighted by Crippen LogP contribution is 2.21. The molecule has 1 atom stereocenters. The standard InChI is InChI=1S/C17H35/c1-4-7-9-10-11-12-14-16-17(6-3)15-13-8-5-2/h17H,1,4-16H2,2-3H3. The van der Waals surface area contributed by atoms with Gasteiger partial charge in [0.1, 0.15) is 0 Å². The molecule has 1 radical (unpaired) electrons. The van der Waals surface area contributed by atoms with Gasteiger partial charge < -0.3 is 0 Å². The molecule has 0 amide bonds. The lowest BCUT2D eigenvalue weighted by atomic mass is 9.92. The van der Waals surface area contributed by atoms with Crippen molar-refractivity contribution in [3.63, 3.8) is 0 Å². The Morgan fingerprint density at radius 1 is 0.706 bits per heavy atom. The first kappa shape index (κ1) is 17.0. The van der Waals surface area contributed by atoms with Gasteiger partial charge in [0.15, 0.2) is 0 Å². The van der Waals surface area contributed by atoms with Crippen molar-refractivity contribution in [2.24, 2.45) is 5.92 Å². The zero-order valence-electron chi connectivity index (χ0n) is 12.5. The van der Waals surface area contributed by atoms with Crippen LogP contribution >= 0.6 is 0 Å².